The Bertz CT molecular complexity index is 706. The quantitative estimate of drug-likeness (QED) is 0.883. The molecule has 2 N–H and O–H groups in total. The molecule has 2 aromatic rings. The molecule has 0 bridgehead atoms. The first kappa shape index (κ1) is 15.7. The van der Waals surface area contributed by atoms with Crippen molar-refractivity contribution in [2.24, 2.45) is 0 Å². The van der Waals surface area contributed by atoms with E-state index in [1.54, 1.807) is 35.7 Å². The number of benzene rings is 1. The molecule has 6 heteroatoms. The number of hydrogen-bond donors (Lipinski definition) is 2. The average Bonchev–Trinajstić information content (AvgIpc) is 3.19. The van der Waals surface area contributed by atoms with E-state index in [2.05, 4.69) is 10.3 Å². The van der Waals surface area contributed by atoms with E-state index in [-0.39, 0.29) is 23.4 Å². The van der Waals surface area contributed by atoms with Crippen molar-refractivity contribution < 1.29 is 14.7 Å². The zero-order chi connectivity index (χ0) is 16.3. The average molecular weight is 330 g/mol. The maximum Gasteiger partial charge on any atom is 0.335 e. The number of hydrogen-bond acceptors (Lipinski definition) is 4. The van der Waals surface area contributed by atoms with Crippen LogP contribution in [0.1, 0.15) is 46.6 Å². The molecule has 1 fully saturated rings. The van der Waals surface area contributed by atoms with Gasteiger partial charge in [0.25, 0.3) is 0 Å². The van der Waals surface area contributed by atoms with Crippen LogP contribution in [0.4, 0.5) is 0 Å². The summed E-state index contributed by atoms with van der Waals surface area (Å²) in [6, 6.07) is 6.51. The Morgan fingerprint density at radius 3 is 2.74 bits per heavy atom. The molecule has 0 atom stereocenters. The number of amides is 1. The zero-order valence-electron chi connectivity index (χ0n) is 12.6. The monoisotopic (exact) mass is 330 g/mol. The van der Waals surface area contributed by atoms with Crippen molar-refractivity contribution in [3.05, 3.63) is 52.0 Å². The number of rotatable bonds is 5. The molecule has 23 heavy (non-hydrogen) atoms. The highest BCUT2D eigenvalue weighted by Crippen LogP contribution is 2.39. The van der Waals surface area contributed by atoms with Gasteiger partial charge in [0.05, 0.1) is 17.5 Å². The maximum absolute atomic E-state index is 12.5. The van der Waals surface area contributed by atoms with Gasteiger partial charge in [-0.2, -0.15) is 0 Å². The molecule has 1 aliphatic carbocycles. The summed E-state index contributed by atoms with van der Waals surface area (Å²) in [6.07, 6.45) is 5.91. The summed E-state index contributed by atoms with van der Waals surface area (Å²) in [6.45, 7) is 0. The number of carbonyl (C=O) groups is 2. The molecule has 1 saturated carbocycles. The lowest BCUT2D eigenvalue weighted by molar-refractivity contribution is -0.122. The first-order valence-corrected chi connectivity index (χ1v) is 8.50. The minimum atomic E-state index is -0.984. The van der Waals surface area contributed by atoms with Crippen molar-refractivity contribution in [2.75, 3.05) is 0 Å². The van der Waals surface area contributed by atoms with Crippen molar-refractivity contribution in [3.63, 3.8) is 0 Å². The molecular formula is C17H18N2O3S. The predicted octanol–water partition coefficient (Wildman–Crippen LogP) is 2.97. The van der Waals surface area contributed by atoms with E-state index in [0.717, 1.165) is 30.7 Å². The van der Waals surface area contributed by atoms with Crippen molar-refractivity contribution in [1.82, 2.24) is 10.3 Å². The van der Waals surface area contributed by atoms with Crippen LogP contribution in [0.3, 0.4) is 0 Å². The third-order valence-electron chi connectivity index (χ3n) is 4.22. The second kappa shape index (κ2) is 6.50. The molecule has 1 heterocycles. The molecule has 1 aromatic carbocycles. The molecule has 0 saturated heterocycles. The maximum atomic E-state index is 12.5. The number of thiazole rings is 1. The van der Waals surface area contributed by atoms with Gasteiger partial charge in [0.1, 0.15) is 5.01 Å². The Labute approximate surface area is 138 Å². The molecule has 1 aromatic heterocycles. The Morgan fingerprint density at radius 1 is 1.30 bits per heavy atom. The van der Waals surface area contributed by atoms with Gasteiger partial charge in [-0.25, -0.2) is 9.78 Å². The summed E-state index contributed by atoms with van der Waals surface area (Å²) in [7, 11) is 0. The molecule has 3 rings (SSSR count). The number of aromatic carboxylic acids is 1. The Morgan fingerprint density at radius 2 is 2.09 bits per heavy atom. The molecule has 0 unspecified atom stereocenters. The normalized spacial score (nSPS) is 16.2. The van der Waals surface area contributed by atoms with Crippen LogP contribution in [0.2, 0.25) is 0 Å². The third-order valence-corrected chi connectivity index (χ3v) is 5.19. The van der Waals surface area contributed by atoms with Gasteiger partial charge < -0.3 is 10.4 Å². The predicted molar refractivity (Wildman–Crippen MR) is 87.5 cm³/mol. The van der Waals surface area contributed by atoms with Gasteiger partial charge in [-0.15, -0.1) is 11.3 Å². The smallest absolute Gasteiger partial charge is 0.335 e. The fourth-order valence-corrected chi connectivity index (χ4v) is 3.99. The fraction of sp³-hybridized carbons (Fsp3) is 0.353. The van der Waals surface area contributed by atoms with Gasteiger partial charge in [0.2, 0.25) is 5.91 Å². The summed E-state index contributed by atoms with van der Waals surface area (Å²) in [4.78, 5) is 27.9. The van der Waals surface area contributed by atoms with Gasteiger partial charge in [-0.05, 0) is 30.5 Å². The van der Waals surface area contributed by atoms with Crippen molar-refractivity contribution in [3.8, 4) is 0 Å². The van der Waals surface area contributed by atoms with E-state index in [4.69, 9.17) is 5.11 Å². The number of carboxylic acid groups (broad SMARTS) is 1. The highest BCUT2D eigenvalue weighted by atomic mass is 32.1. The molecule has 0 aliphatic heterocycles. The number of aromatic nitrogens is 1. The van der Waals surface area contributed by atoms with Crippen molar-refractivity contribution in [2.45, 2.75) is 37.6 Å². The minimum Gasteiger partial charge on any atom is -0.478 e. The fourth-order valence-electron chi connectivity index (χ4n) is 3.14. The Balaban J connectivity index is 1.73. The molecular weight excluding hydrogens is 312 g/mol. The molecule has 1 amide bonds. The minimum absolute atomic E-state index is 0.0929. The molecule has 120 valence electrons. The summed E-state index contributed by atoms with van der Waals surface area (Å²) in [5.41, 5.74) is 0.552. The number of nitrogens with one attached hydrogen (secondary N) is 1. The van der Waals surface area contributed by atoms with Gasteiger partial charge in [-0.1, -0.05) is 25.0 Å². The SMILES string of the molecule is O=C(Cc1cccc(C(=O)O)c1)NC1(c2nccs2)CCCC1. The van der Waals surface area contributed by atoms with Crippen LogP contribution in [0, 0.1) is 0 Å². The highest BCUT2D eigenvalue weighted by Gasteiger charge is 2.39. The summed E-state index contributed by atoms with van der Waals surface area (Å²) >= 11 is 1.57. The van der Waals surface area contributed by atoms with E-state index in [9.17, 15) is 9.59 Å². The number of carboxylic acids is 1. The van der Waals surface area contributed by atoms with E-state index >= 15 is 0 Å². The first-order chi connectivity index (χ1) is 11.1. The standard InChI is InChI=1S/C17H18N2O3S/c20-14(11-12-4-3-5-13(10-12)15(21)22)19-17(6-1-2-7-17)16-18-8-9-23-16/h3-5,8-10H,1-2,6-7,11H2,(H,19,20)(H,21,22). The second-order valence-electron chi connectivity index (χ2n) is 5.86. The third kappa shape index (κ3) is 3.42. The van der Waals surface area contributed by atoms with Crippen LogP contribution in [-0.2, 0) is 16.8 Å². The lowest BCUT2D eigenvalue weighted by Gasteiger charge is -2.28. The number of carbonyl (C=O) groups excluding carboxylic acids is 1. The van der Waals surface area contributed by atoms with E-state index in [0.29, 0.717) is 5.56 Å². The van der Waals surface area contributed by atoms with Crippen LogP contribution in [0.25, 0.3) is 0 Å². The van der Waals surface area contributed by atoms with Crippen LogP contribution >= 0.6 is 11.3 Å². The van der Waals surface area contributed by atoms with Crippen molar-refractivity contribution in [1.29, 1.82) is 0 Å². The van der Waals surface area contributed by atoms with E-state index in [1.165, 1.54) is 6.07 Å². The first-order valence-electron chi connectivity index (χ1n) is 7.62. The van der Waals surface area contributed by atoms with Gasteiger partial charge in [0, 0.05) is 11.6 Å². The van der Waals surface area contributed by atoms with Crippen LogP contribution < -0.4 is 5.32 Å². The van der Waals surface area contributed by atoms with Gasteiger partial charge in [-0.3, -0.25) is 4.79 Å². The van der Waals surface area contributed by atoms with E-state index in [1.807, 2.05) is 5.38 Å². The lowest BCUT2D eigenvalue weighted by atomic mass is 9.97. The lowest BCUT2D eigenvalue weighted by Crippen LogP contribution is -2.44. The summed E-state index contributed by atoms with van der Waals surface area (Å²) in [5.74, 6) is -1.08. The molecule has 5 nitrogen and oxygen atoms in total. The Kier molecular flexibility index (Phi) is 4.43. The van der Waals surface area contributed by atoms with Crippen LogP contribution in [0.15, 0.2) is 35.8 Å². The molecule has 0 spiro atoms. The highest BCUT2D eigenvalue weighted by molar-refractivity contribution is 7.09. The van der Waals surface area contributed by atoms with Gasteiger partial charge in [0.15, 0.2) is 0 Å². The molecule has 0 radical (unpaired) electrons. The zero-order valence-corrected chi connectivity index (χ0v) is 13.4. The Hall–Kier alpha value is -2.21. The molecule has 1 aliphatic rings. The van der Waals surface area contributed by atoms with Gasteiger partial charge >= 0.3 is 5.97 Å². The second-order valence-corrected chi connectivity index (χ2v) is 6.75. The largest absolute Gasteiger partial charge is 0.478 e. The van der Waals surface area contributed by atoms with Crippen LogP contribution in [0.5, 0.6) is 0 Å². The van der Waals surface area contributed by atoms with Crippen molar-refractivity contribution >= 4 is 23.2 Å². The van der Waals surface area contributed by atoms with Crippen LogP contribution in [-0.4, -0.2) is 22.0 Å². The van der Waals surface area contributed by atoms with E-state index < -0.39 is 5.97 Å². The summed E-state index contributed by atoms with van der Waals surface area (Å²) in [5, 5.41) is 15.1. The summed E-state index contributed by atoms with van der Waals surface area (Å²) < 4.78 is 0. The number of nitrogens with zero attached hydrogens (tertiary/aromatic N) is 1. The topological polar surface area (TPSA) is 79.3 Å².